The molecule has 1 saturated heterocycles. The number of rotatable bonds is 5. The Balaban J connectivity index is 1.36. The number of carbonyl (C=O) groups is 1. The molecule has 0 atom stereocenters. The number of hydrogen-bond acceptors (Lipinski definition) is 7. The summed E-state index contributed by atoms with van der Waals surface area (Å²) in [7, 11) is 2.08. The van der Waals surface area contributed by atoms with Crippen LogP contribution in [0.2, 0.25) is 0 Å². The van der Waals surface area contributed by atoms with Crippen molar-refractivity contribution < 1.29 is 13.6 Å². The van der Waals surface area contributed by atoms with Gasteiger partial charge >= 0.3 is 0 Å². The summed E-state index contributed by atoms with van der Waals surface area (Å²) in [6.45, 7) is 3.59. The van der Waals surface area contributed by atoms with Crippen molar-refractivity contribution in [3.63, 3.8) is 0 Å². The highest BCUT2D eigenvalue weighted by molar-refractivity contribution is 6.05. The molecule has 8 nitrogen and oxygen atoms in total. The Morgan fingerprint density at radius 3 is 2.54 bits per heavy atom. The van der Waals surface area contributed by atoms with Crippen molar-refractivity contribution in [3.8, 4) is 11.3 Å². The molecule has 10 heteroatoms. The van der Waals surface area contributed by atoms with E-state index in [4.69, 9.17) is 0 Å². The lowest BCUT2D eigenvalue weighted by Crippen LogP contribution is -2.44. The lowest BCUT2D eigenvalue weighted by Gasteiger charge is -2.33. The molecule has 1 aliphatic rings. The second-order valence-electron chi connectivity index (χ2n) is 8.44. The molecule has 1 N–H and O–H groups in total. The van der Waals surface area contributed by atoms with Gasteiger partial charge in [0.2, 0.25) is 0 Å². The second-order valence-corrected chi connectivity index (χ2v) is 8.44. The molecule has 0 saturated carbocycles. The van der Waals surface area contributed by atoms with Crippen LogP contribution in [0.1, 0.15) is 22.3 Å². The summed E-state index contributed by atoms with van der Waals surface area (Å²) in [4.78, 5) is 34.3. The van der Waals surface area contributed by atoms with Gasteiger partial charge in [0.1, 0.15) is 11.6 Å². The Bertz CT molecular complexity index is 1370. The van der Waals surface area contributed by atoms with Crippen LogP contribution in [0.5, 0.6) is 0 Å². The van der Waals surface area contributed by atoms with Crippen molar-refractivity contribution in [1.82, 2.24) is 24.8 Å². The zero-order chi connectivity index (χ0) is 24.4. The smallest absolute Gasteiger partial charge is 0.265 e. The summed E-state index contributed by atoms with van der Waals surface area (Å²) in [5.74, 6) is 0.849. The largest absolute Gasteiger partial charge is 0.354 e. The summed E-state index contributed by atoms with van der Waals surface area (Å²) >= 11 is 0. The summed E-state index contributed by atoms with van der Waals surface area (Å²) in [5, 5.41) is 4.35. The molecule has 0 bridgehead atoms. The van der Waals surface area contributed by atoms with Crippen LogP contribution in [0.15, 0.2) is 61.3 Å². The van der Waals surface area contributed by atoms with Crippen molar-refractivity contribution in [2.75, 3.05) is 43.4 Å². The minimum atomic E-state index is -2.61. The Labute approximate surface area is 200 Å². The van der Waals surface area contributed by atoms with Crippen LogP contribution in [-0.2, 0) is 0 Å². The van der Waals surface area contributed by atoms with E-state index in [9.17, 15) is 13.6 Å². The fraction of sp³-hybridized carbons (Fsp3) is 0.240. The molecule has 4 aromatic rings. The van der Waals surface area contributed by atoms with Gasteiger partial charge in [-0.25, -0.2) is 18.7 Å². The topological polar surface area (TPSA) is 87.1 Å². The van der Waals surface area contributed by atoms with Gasteiger partial charge in [-0.15, -0.1) is 0 Å². The molecule has 1 fully saturated rings. The van der Waals surface area contributed by atoms with Crippen molar-refractivity contribution in [1.29, 1.82) is 0 Å². The third-order valence-electron chi connectivity index (χ3n) is 5.99. The molecule has 0 radical (unpaired) electrons. The van der Waals surface area contributed by atoms with Crippen molar-refractivity contribution in [2.24, 2.45) is 0 Å². The molecule has 35 heavy (non-hydrogen) atoms. The summed E-state index contributed by atoms with van der Waals surface area (Å²) in [6, 6.07) is 8.31. The second kappa shape index (κ2) is 9.67. The average Bonchev–Trinajstić information content (AvgIpc) is 2.89. The van der Waals surface area contributed by atoms with Gasteiger partial charge in [-0.3, -0.25) is 14.8 Å². The lowest BCUT2D eigenvalue weighted by molar-refractivity contribution is 0.102. The van der Waals surface area contributed by atoms with Crippen LogP contribution in [0.4, 0.5) is 20.4 Å². The minimum absolute atomic E-state index is 0.166. The number of alkyl halides is 2. The van der Waals surface area contributed by atoms with Gasteiger partial charge in [0.25, 0.3) is 12.3 Å². The molecule has 4 aromatic heterocycles. The molecular formula is C25H23F2N7O. The molecule has 0 aromatic carbocycles. The van der Waals surface area contributed by atoms with Crippen molar-refractivity contribution >= 4 is 28.3 Å². The van der Waals surface area contributed by atoms with Gasteiger partial charge in [0, 0.05) is 79.2 Å². The maximum absolute atomic E-state index is 13.1. The number of pyridine rings is 4. The number of likely N-dealkylation sites (N-methyl/N-ethyl adjacent to an activating group) is 1. The first-order valence-corrected chi connectivity index (χ1v) is 11.2. The molecule has 0 spiro atoms. The van der Waals surface area contributed by atoms with Crippen molar-refractivity contribution in [3.05, 3.63) is 72.4 Å². The number of halogens is 2. The number of anilines is 2. The maximum atomic E-state index is 13.1. The van der Waals surface area contributed by atoms with Gasteiger partial charge < -0.3 is 15.1 Å². The van der Waals surface area contributed by atoms with E-state index in [1.54, 1.807) is 42.9 Å². The van der Waals surface area contributed by atoms with Gasteiger partial charge in [0.05, 0.1) is 5.69 Å². The maximum Gasteiger partial charge on any atom is 0.265 e. The molecule has 1 aliphatic heterocycles. The lowest BCUT2D eigenvalue weighted by atomic mass is 10.1. The number of nitrogens with one attached hydrogen (secondary N) is 1. The molecular weight excluding hydrogens is 452 g/mol. The normalized spacial score (nSPS) is 14.5. The van der Waals surface area contributed by atoms with Gasteiger partial charge in [0.15, 0.2) is 0 Å². The zero-order valence-electron chi connectivity index (χ0n) is 19.0. The highest BCUT2D eigenvalue weighted by atomic mass is 19.3. The highest BCUT2D eigenvalue weighted by Crippen LogP contribution is 2.26. The van der Waals surface area contributed by atoms with Gasteiger partial charge in [-0.2, -0.15) is 0 Å². The van der Waals surface area contributed by atoms with Crippen LogP contribution < -0.4 is 10.2 Å². The van der Waals surface area contributed by atoms with E-state index < -0.39 is 6.43 Å². The van der Waals surface area contributed by atoms with Crippen LogP contribution in [-0.4, -0.2) is 64.0 Å². The molecule has 0 aliphatic carbocycles. The van der Waals surface area contributed by atoms with Crippen molar-refractivity contribution in [2.45, 2.75) is 6.43 Å². The minimum Gasteiger partial charge on any atom is -0.354 e. The summed E-state index contributed by atoms with van der Waals surface area (Å²) < 4.78 is 26.1. The quantitative estimate of drug-likeness (QED) is 0.466. The van der Waals surface area contributed by atoms with Crippen LogP contribution >= 0.6 is 0 Å². The number of piperazine rings is 1. The fourth-order valence-electron chi connectivity index (χ4n) is 3.94. The predicted molar refractivity (Wildman–Crippen MR) is 130 cm³/mol. The first kappa shape index (κ1) is 22.7. The van der Waals surface area contributed by atoms with E-state index >= 15 is 0 Å². The SMILES string of the molecule is CN1CCN(c2cc(C(=O)Nc3cc4cc(-c5cncc(C(F)F)c5)ncc4cn3)ccn2)CC1. The Morgan fingerprint density at radius 1 is 0.943 bits per heavy atom. The van der Waals surface area contributed by atoms with E-state index in [1.807, 2.05) is 0 Å². The van der Waals surface area contributed by atoms with E-state index in [0.717, 1.165) is 49.0 Å². The zero-order valence-corrected chi connectivity index (χ0v) is 19.0. The Morgan fingerprint density at radius 2 is 1.74 bits per heavy atom. The third kappa shape index (κ3) is 5.07. The number of carbonyl (C=O) groups excluding carboxylic acids is 1. The molecule has 5 heterocycles. The number of hydrogen-bond donors (Lipinski definition) is 1. The summed E-state index contributed by atoms with van der Waals surface area (Å²) in [6.07, 6.45) is 4.88. The van der Waals surface area contributed by atoms with Gasteiger partial charge in [-0.1, -0.05) is 0 Å². The highest BCUT2D eigenvalue weighted by Gasteiger charge is 2.17. The molecule has 5 rings (SSSR count). The first-order chi connectivity index (χ1) is 17.0. The number of amides is 1. The number of aromatic nitrogens is 4. The van der Waals surface area contributed by atoms with E-state index in [-0.39, 0.29) is 11.5 Å². The van der Waals surface area contributed by atoms with Crippen LogP contribution in [0, 0.1) is 0 Å². The standard InChI is InChI=1S/C25H23F2N7O/c1-33-4-6-34(7-5-33)23-11-16(2-3-29-23)25(35)32-22-10-17-9-21(30-14-20(17)15-31-22)18-8-19(24(26)27)13-28-12-18/h2-3,8-15,24H,4-7H2,1H3,(H,31,32,35). The van der Waals surface area contributed by atoms with Crippen LogP contribution in [0.3, 0.4) is 0 Å². The number of fused-ring (bicyclic) bond motifs is 1. The van der Waals surface area contributed by atoms with Gasteiger partial charge in [-0.05, 0) is 42.8 Å². The third-order valence-corrected chi connectivity index (χ3v) is 5.99. The number of nitrogens with zero attached hydrogens (tertiary/aromatic N) is 6. The Hall–Kier alpha value is -4.05. The van der Waals surface area contributed by atoms with E-state index in [0.29, 0.717) is 22.6 Å². The van der Waals surface area contributed by atoms with Crippen LogP contribution in [0.25, 0.3) is 22.0 Å². The molecule has 1 amide bonds. The molecule has 0 unspecified atom stereocenters. The monoisotopic (exact) mass is 475 g/mol. The summed E-state index contributed by atoms with van der Waals surface area (Å²) in [5.41, 5.74) is 1.31. The van der Waals surface area contributed by atoms with E-state index in [2.05, 4.69) is 42.1 Å². The Kier molecular flexibility index (Phi) is 6.28. The molecule has 178 valence electrons. The first-order valence-electron chi connectivity index (χ1n) is 11.2. The fourth-order valence-corrected chi connectivity index (χ4v) is 3.94. The predicted octanol–water partition coefficient (Wildman–Crippen LogP) is 4.03. The van der Waals surface area contributed by atoms with E-state index in [1.165, 1.54) is 12.3 Å². The average molecular weight is 476 g/mol.